The van der Waals surface area contributed by atoms with Gasteiger partial charge in [-0.05, 0) is 29.7 Å². The minimum Gasteiger partial charge on any atom is -0.367 e. The van der Waals surface area contributed by atoms with Crippen molar-refractivity contribution < 1.29 is 9.59 Å². The number of benzene rings is 2. The molecule has 0 aromatic heterocycles. The summed E-state index contributed by atoms with van der Waals surface area (Å²) in [5.74, 6) is 0.227. The van der Waals surface area contributed by atoms with Gasteiger partial charge in [-0.25, -0.2) is 4.79 Å². The summed E-state index contributed by atoms with van der Waals surface area (Å²) in [6, 6.07) is 15.9. The lowest BCUT2D eigenvalue weighted by atomic mass is 10.1. The van der Waals surface area contributed by atoms with Crippen molar-refractivity contribution in [2.45, 2.75) is 25.9 Å². The van der Waals surface area contributed by atoms with Crippen LogP contribution >= 0.6 is 11.6 Å². The Balaban J connectivity index is 1.26. The van der Waals surface area contributed by atoms with Gasteiger partial charge in [0.1, 0.15) is 0 Å². The lowest BCUT2D eigenvalue weighted by molar-refractivity contribution is -0.128. The van der Waals surface area contributed by atoms with Gasteiger partial charge in [-0.1, -0.05) is 48.0 Å². The summed E-state index contributed by atoms with van der Waals surface area (Å²) in [7, 11) is 0. The molecule has 0 radical (unpaired) electrons. The van der Waals surface area contributed by atoms with Crippen LogP contribution in [-0.2, 0) is 17.9 Å². The largest absolute Gasteiger partial charge is 0.367 e. The molecule has 158 valence electrons. The Kier molecular flexibility index (Phi) is 6.43. The van der Waals surface area contributed by atoms with Crippen LogP contribution in [0.3, 0.4) is 0 Å². The van der Waals surface area contributed by atoms with Gasteiger partial charge in [0.05, 0.1) is 10.7 Å². The lowest BCUT2D eigenvalue weighted by Gasteiger charge is -2.36. The standard InChI is InChI=1S/C23H27ClN4O2/c24-20-7-1-2-8-21(20)26-11-13-27(14-12-26)23(30)25-16-18-5-3-6-19(15-18)17-28-10-4-9-22(28)29/h1-3,5-8,15H,4,9-14,16-17H2,(H,25,30). The number of hydrogen-bond donors (Lipinski definition) is 1. The van der Waals surface area contributed by atoms with Crippen molar-refractivity contribution in [1.82, 2.24) is 15.1 Å². The average molecular weight is 427 g/mol. The predicted molar refractivity (Wildman–Crippen MR) is 119 cm³/mol. The van der Waals surface area contributed by atoms with Crippen molar-refractivity contribution in [1.29, 1.82) is 0 Å². The minimum atomic E-state index is -0.0473. The third-order valence-electron chi connectivity index (χ3n) is 5.74. The number of nitrogens with one attached hydrogen (secondary N) is 1. The molecule has 2 aromatic carbocycles. The van der Waals surface area contributed by atoms with Crippen LogP contribution < -0.4 is 10.2 Å². The number of carbonyl (C=O) groups excluding carboxylic acids is 2. The van der Waals surface area contributed by atoms with Gasteiger partial charge in [0, 0.05) is 52.2 Å². The molecule has 0 atom stereocenters. The van der Waals surface area contributed by atoms with E-state index in [-0.39, 0.29) is 11.9 Å². The van der Waals surface area contributed by atoms with E-state index in [9.17, 15) is 9.59 Å². The first-order valence-corrected chi connectivity index (χ1v) is 10.9. The highest BCUT2D eigenvalue weighted by molar-refractivity contribution is 6.33. The van der Waals surface area contributed by atoms with Crippen molar-refractivity contribution in [3.8, 4) is 0 Å². The average Bonchev–Trinajstić information content (AvgIpc) is 3.17. The van der Waals surface area contributed by atoms with Crippen molar-refractivity contribution >= 4 is 29.2 Å². The summed E-state index contributed by atoms with van der Waals surface area (Å²) in [6.07, 6.45) is 1.60. The monoisotopic (exact) mass is 426 g/mol. The van der Waals surface area contributed by atoms with Crippen LogP contribution in [-0.4, -0.2) is 54.5 Å². The molecule has 0 saturated carbocycles. The zero-order valence-corrected chi connectivity index (χ0v) is 17.8. The molecule has 2 saturated heterocycles. The molecular formula is C23H27ClN4O2. The normalized spacial score (nSPS) is 16.8. The Labute approximate surface area is 182 Å². The summed E-state index contributed by atoms with van der Waals surface area (Å²) < 4.78 is 0. The van der Waals surface area contributed by atoms with Gasteiger partial charge in [-0.15, -0.1) is 0 Å². The smallest absolute Gasteiger partial charge is 0.317 e. The van der Waals surface area contributed by atoms with Crippen molar-refractivity contribution in [2.75, 3.05) is 37.6 Å². The Morgan fingerprint density at radius 1 is 0.967 bits per heavy atom. The van der Waals surface area contributed by atoms with Crippen molar-refractivity contribution in [3.05, 3.63) is 64.7 Å². The maximum atomic E-state index is 12.6. The summed E-state index contributed by atoms with van der Waals surface area (Å²) in [5, 5.41) is 3.77. The molecule has 0 spiro atoms. The first-order chi connectivity index (χ1) is 14.6. The summed E-state index contributed by atoms with van der Waals surface area (Å²) >= 11 is 6.29. The highest BCUT2D eigenvalue weighted by atomic mass is 35.5. The zero-order valence-electron chi connectivity index (χ0n) is 17.0. The predicted octanol–water partition coefficient (Wildman–Crippen LogP) is 3.49. The van der Waals surface area contributed by atoms with Crippen LogP contribution in [0.5, 0.6) is 0 Å². The molecule has 1 N–H and O–H groups in total. The van der Waals surface area contributed by atoms with E-state index in [2.05, 4.69) is 16.3 Å². The molecule has 0 aliphatic carbocycles. The van der Waals surface area contributed by atoms with Gasteiger partial charge in [0.15, 0.2) is 0 Å². The molecule has 2 aliphatic heterocycles. The van der Waals surface area contributed by atoms with E-state index in [4.69, 9.17) is 11.6 Å². The van der Waals surface area contributed by atoms with Crippen LogP contribution in [0.15, 0.2) is 48.5 Å². The van der Waals surface area contributed by atoms with E-state index in [1.807, 2.05) is 52.3 Å². The van der Waals surface area contributed by atoms with Gasteiger partial charge < -0.3 is 20.0 Å². The molecule has 3 amide bonds. The third-order valence-corrected chi connectivity index (χ3v) is 6.06. The Bertz CT molecular complexity index is 912. The number of para-hydroxylation sites is 1. The fourth-order valence-electron chi connectivity index (χ4n) is 4.08. The third kappa shape index (κ3) is 4.87. The van der Waals surface area contributed by atoms with E-state index in [1.54, 1.807) is 0 Å². The van der Waals surface area contributed by atoms with Gasteiger partial charge >= 0.3 is 6.03 Å². The molecule has 0 unspecified atom stereocenters. The van der Waals surface area contributed by atoms with Crippen LogP contribution in [0.4, 0.5) is 10.5 Å². The second kappa shape index (κ2) is 9.39. The number of halogens is 1. The fraction of sp³-hybridized carbons (Fsp3) is 0.391. The van der Waals surface area contributed by atoms with Gasteiger partial charge in [-0.2, -0.15) is 0 Å². The highest BCUT2D eigenvalue weighted by Crippen LogP contribution is 2.26. The number of piperazine rings is 1. The van der Waals surface area contributed by atoms with E-state index in [1.165, 1.54) is 0 Å². The van der Waals surface area contributed by atoms with Crippen molar-refractivity contribution in [3.63, 3.8) is 0 Å². The van der Waals surface area contributed by atoms with E-state index < -0.39 is 0 Å². The topological polar surface area (TPSA) is 55.9 Å². The number of amides is 3. The molecule has 30 heavy (non-hydrogen) atoms. The molecule has 2 aromatic rings. The fourth-order valence-corrected chi connectivity index (χ4v) is 4.33. The van der Waals surface area contributed by atoms with E-state index in [0.29, 0.717) is 32.6 Å². The molecule has 2 fully saturated rings. The number of hydrogen-bond acceptors (Lipinski definition) is 3. The number of anilines is 1. The molecule has 0 bridgehead atoms. The van der Waals surface area contributed by atoms with Gasteiger partial charge in [0.25, 0.3) is 0 Å². The zero-order chi connectivity index (χ0) is 20.9. The molecule has 4 rings (SSSR count). The molecule has 2 aliphatic rings. The number of likely N-dealkylation sites (tertiary alicyclic amines) is 1. The summed E-state index contributed by atoms with van der Waals surface area (Å²) in [4.78, 5) is 30.4. The summed E-state index contributed by atoms with van der Waals surface area (Å²) in [6.45, 7) is 4.80. The van der Waals surface area contributed by atoms with Crippen LogP contribution in [0.1, 0.15) is 24.0 Å². The number of rotatable bonds is 5. The molecular weight excluding hydrogens is 400 g/mol. The Morgan fingerprint density at radius 2 is 1.73 bits per heavy atom. The SMILES string of the molecule is O=C1CCCN1Cc1cccc(CNC(=O)N2CCN(c3ccccc3Cl)CC2)c1. The highest BCUT2D eigenvalue weighted by Gasteiger charge is 2.22. The van der Waals surface area contributed by atoms with Gasteiger partial charge in [-0.3, -0.25) is 4.79 Å². The van der Waals surface area contributed by atoms with E-state index >= 15 is 0 Å². The second-order valence-electron chi connectivity index (χ2n) is 7.82. The maximum absolute atomic E-state index is 12.6. The van der Waals surface area contributed by atoms with Crippen molar-refractivity contribution in [2.24, 2.45) is 0 Å². The molecule has 6 nitrogen and oxygen atoms in total. The van der Waals surface area contributed by atoms with Crippen LogP contribution in [0.25, 0.3) is 0 Å². The number of nitrogens with zero attached hydrogens (tertiary/aromatic N) is 3. The van der Waals surface area contributed by atoms with Crippen LogP contribution in [0.2, 0.25) is 5.02 Å². The Morgan fingerprint density at radius 3 is 2.47 bits per heavy atom. The lowest BCUT2D eigenvalue weighted by Crippen LogP contribution is -2.51. The van der Waals surface area contributed by atoms with Crippen LogP contribution in [0, 0.1) is 0 Å². The number of carbonyl (C=O) groups is 2. The number of urea groups is 1. The molecule has 2 heterocycles. The Hall–Kier alpha value is -2.73. The first kappa shape index (κ1) is 20.5. The second-order valence-corrected chi connectivity index (χ2v) is 8.23. The van der Waals surface area contributed by atoms with Gasteiger partial charge in [0.2, 0.25) is 5.91 Å². The van der Waals surface area contributed by atoms with E-state index in [0.717, 1.165) is 47.9 Å². The summed E-state index contributed by atoms with van der Waals surface area (Å²) in [5.41, 5.74) is 3.17. The maximum Gasteiger partial charge on any atom is 0.317 e. The quantitative estimate of drug-likeness (QED) is 0.796. The first-order valence-electron chi connectivity index (χ1n) is 10.5. The molecule has 7 heteroatoms. The minimum absolute atomic E-state index is 0.0473.